The molecule has 4 aromatic rings. The Bertz CT molecular complexity index is 1450. The van der Waals surface area contributed by atoms with Crippen molar-refractivity contribution in [2.24, 2.45) is 0 Å². The summed E-state index contributed by atoms with van der Waals surface area (Å²) in [6.45, 7) is 0. The Hall–Kier alpha value is -4.26. The number of ether oxygens (including phenoxy) is 1. The van der Waals surface area contributed by atoms with Crippen LogP contribution in [0.2, 0.25) is 0 Å². The van der Waals surface area contributed by atoms with Crippen LogP contribution in [0.15, 0.2) is 79.0 Å². The van der Waals surface area contributed by atoms with Crippen LogP contribution in [0.4, 0.5) is 11.4 Å². The van der Waals surface area contributed by atoms with Gasteiger partial charge < -0.3 is 19.9 Å². The number of nitrogens with zero attached hydrogens (tertiary/aromatic N) is 2. The summed E-state index contributed by atoms with van der Waals surface area (Å²) in [5.41, 5.74) is 4.26. The topological polar surface area (TPSA) is 77.7 Å². The number of amides is 2. The van der Waals surface area contributed by atoms with E-state index in [9.17, 15) is 9.59 Å². The predicted octanol–water partition coefficient (Wildman–Crippen LogP) is 6.01. The number of fused-ring (bicyclic) bond motifs is 1. The summed E-state index contributed by atoms with van der Waals surface area (Å²) in [5.74, 6) is 0.287. The number of benzene rings is 3. The number of carbonyl (C=O) groups is 2. The fourth-order valence-electron chi connectivity index (χ4n) is 5.62. The van der Waals surface area contributed by atoms with Crippen molar-refractivity contribution < 1.29 is 14.3 Å². The van der Waals surface area contributed by atoms with Gasteiger partial charge in [-0.05, 0) is 54.3 Å². The molecule has 208 valence electrons. The zero-order valence-corrected chi connectivity index (χ0v) is 23.5. The van der Waals surface area contributed by atoms with Crippen molar-refractivity contribution in [1.29, 1.82) is 0 Å². The van der Waals surface area contributed by atoms with E-state index < -0.39 is 6.04 Å². The molecule has 7 nitrogen and oxygen atoms in total. The molecule has 0 bridgehead atoms. The first-order valence-corrected chi connectivity index (χ1v) is 14.0. The minimum atomic E-state index is -0.844. The lowest BCUT2D eigenvalue weighted by molar-refractivity contribution is -0.127. The summed E-state index contributed by atoms with van der Waals surface area (Å²) in [6, 6.07) is 22.5. The largest absolute Gasteiger partial charge is 0.497 e. The minimum absolute atomic E-state index is 0.112. The Morgan fingerprint density at radius 1 is 0.950 bits per heavy atom. The Labute approximate surface area is 236 Å². The first-order valence-electron chi connectivity index (χ1n) is 14.0. The van der Waals surface area contributed by atoms with Crippen LogP contribution in [-0.4, -0.2) is 44.0 Å². The van der Waals surface area contributed by atoms with Crippen LogP contribution in [0.5, 0.6) is 5.75 Å². The molecule has 0 radical (unpaired) electrons. The summed E-state index contributed by atoms with van der Waals surface area (Å²) in [6.07, 6.45) is 7.35. The normalized spacial score (nSPS) is 14.5. The zero-order chi connectivity index (χ0) is 28.1. The van der Waals surface area contributed by atoms with Gasteiger partial charge in [-0.1, -0.05) is 55.7 Å². The highest BCUT2D eigenvalue weighted by Gasteiger charge is 2.34. The van der Waals surface area contributed by atoms with Crippen LogP contribution in [0, 0.1) is 0 Å². The quantitative estimate of drug-likeness (QED) is 0.274. The maximum absolute atomic E-state index is 14.3. The SMILES string of the molecule is COc1cccc(N(C(=O)Cc2c[nH]c3ccccc23)C(C(=O)NC2CCCCC2)c2ccc(N(C)C)cc2)c1. The Morgan fingerprint density at radius 2 is 1.70 bits per heavy atom. The standard InChI is InChI=1S/C33H38N4O3/c1-36(2)26-18-16-23(17-19-26)32(33(39)35-25-10-5-4-6-11-25)37(27-12-9-13-28(21-27)40-3)31(38)20-24-22-34-30-15-8-7-14-29(24)30/h7-9,12-19,21-22,25,32,34H,4-6,10-11,20H2,1-3H3,(H,35,39). The molecular weight excluding hydrogens is 500 g/mol. The van der Waals surface area contributed by atoms with Gasteiger partial charge in [0.25, 0.3) is 0 Å². The highest BCUT2D eigenvalue weighted by atomic mass is 16.5. The zero-order valence-electron chi connectivity index (χ0n) is 23.5. The van der Waals surface area contributed by atoms with E-state index in [1.54, 1.807) is 12.0 Å². The van der Waals surface area contributed by atoms with Crippen molar-refractivity contribution in [1.82, 2.24) is 10.3 Å². The number of methoxy groups -OCH3 is 1. The number of aromatic nitrogens is 1. The minimum Gasteiger partial charge on any atom is -0.497 e. The van der Waals surface area contributed by atoms with Gasteiger partial charge in [-0.3, -0.25) is 14.5 Å². The van der Waals surface area contributed by atoms with Gasteiger partial charge >= 0.3 is 0 Å². The van der Waals surface area contributed by atoms with E-state index in [0.29, 0.717) is 11.4 Å². The van der Waals surface area contributed by atoms with Crippen LogP contribution >= 0.6 is 0 Å². The van der Waals surface area contributed by atoms with Crippen LogP contribution < -0.4 is 19.9 Å². The molecule has 1 aliphatic rings. The first-order chi connectivity index (χ1) is 19.4. The maximum atomic E-state index is 14.3. The predicted molar refractivity (Wildman–Crippen MR) is 161 cm³/mol. The van der Waals surface area contributed by atoms with Crippen molar-refractivity contribution in [3.05, 3.63) is 90.1 Å². The molecule has 1 heterocycles. The van der Waals surface area contributed by atoms with E-state index in [1.165, 1.54) is 6.42 Å². The molecule has 1 unspecified atom stereocenters. The second kappa shape index (κ2) is 12.3. The Balaban J connectivity index is 1.58. The second-order valence-corrected chi connectivity index (χ2v) is 10.7. The van der Waals surface area contributed by atoms with Gasteiger partial charge in [0.05, 0.1) is 13.5 Å². The molecule has 2 amide bonds. The van der Waals surface area contributed by atoms with Crippen LogP contribution in [0.25, 0.3) is 10.9 Å². The highest BCUT2D eigenvalue weighted by molar-refractivity contribution is 6.03. The van der Waals surface area contributed by atoms with Gasteiger partial charge in [0.15, 0.2) is 0 Å². The summed E-state index contributed by atoms with van der Waals surface area (Å²) < 4.78 is 5.51. The lowest BCUT2D eigenvalue weighted by Crippen LogP contribution is -2.47. The van der Waals surface area contributed by atoms with E-state index in [1.807, 2.05) is 98.0 Å². The first kappa shape index (κ1) is 27.3. The van der Waals surface area contributed by atoms with Gasteiger partial charge in [0.1, 0.15) is 11.8 Å². The van der Waals surface area contributed by atoms with Crippen LogP contribution in [0.3, 0.4) is 0 Å². The fourth-order valence-corrected chi connectivity index (χ4v) is 5.62. The Morgan fingerprint density at radius 3 is 2.42 bits per heavy atom. The number of aromatic amines is 1. The third kappa shape index (κ3) is 5.98. The number of rotatable bonds is 9. The van der Waals surface area contributed by atoms with Gasteiger partial charge in [0.2, 0.25) is 11.8 Å². The molecule has 1 saturated carbocycles. The molecule has 1 fully saturated rings. The van der Waals surface area contributed by atoms with E-state index in [0.717, 1.165) is 53.4 Å². The highest BCUT2D eigenvalue weighted by Crippen LogP contribution is 2.33. The molecule has 1 atom stereocenters. The molecular formula is C33H38N4O3. The van der Waals surface area contributed by atoms with Crippen molar-refractivity contribution in [2.75, 3.05) is 31.0 Å². The summed E-state index contributed by atoms with van der Waals surface area (Å²) in [7, 11) is 5.57. The Kier molecular flexibility index (Phi) is 8.39. The van der Waals surface area contributed by atoms with E-state index in [4.69, 9.17) is 4.74 Å². The number of nitrogens with one attached hydrogen (secondary N) is 2. The average molecular weight is 539 g/mol. The van der Waals surface area contributed by atoms with Gasteiger partial charge in [-0.15, -0.1) is 0 Å². The third-order valence-electron chi connectivity index (χ3n) is 7.80. The van der Waals surface area contributed by atoms with Gasteiger partial charge in [-0.25, -0.2) is 0 Å². The van der Waals surface area contributed by atoms with Crippen LogP contribution in [0.1, 0.15) is 49.3 Å². The van der Waals surface area contributed by atoms with Gasteiger partial charge in [0, 0.05) is 54.7 Å². The summed E-state index contributed by atoms with van der Waals surface area (Å²) >= 11 is 0. The van der Waals surface area contributed by atoms with Crippen molar-refractivity contribution in [3.63, 3.8) is 0 Å². The van der Waals surface area contributed by atoms with Crippen LogP contribution in [-0.2, 0) is 16.0 Å². The molecule has 7 heteroatoms. The number of H-pyrrole nitrogens is 1. The molecule has 0 spiro atoms. The number of carbonyl (C=O) groups excluding carboxylic acids is 2. The number of anilines is 2. The smallest absolute Gasteiger partial charge is 0.248 e. The molecule has 3 aromatic carbocycles. The van der Waals surface area contributed by atoms with E-state index >= 15 is 0 Å². The van der Waals surface area contributed by atoms with Crippen molar-refractivity contribution >= 4 is 34.1 Å². The number of hydrogen-bond donors (Lipinski definition) is 2. The van der Waals surface area contributed by atoms with Gasteiger partial charge in [-0.2, -0.15) is 0 Å². The average Bonchev–Trinajstić information content (AvgIpc) is 3.38. The molecule has 5 rings (SSSR count). The molecule has 1 aliphatic carbocycles. The summed E-state index contributed by atoms with van der Waals surface area (Å²) in [5, 5.41) is 4.30. The molecule has 1 aromatic heterocycles. The fraction of sp³-hybridized carbons (Fsp3) is 0.333. The lowest BCUT2D eigenvalue weighted by Gasteiger charge is -2.34. The lowest BCUT2D eigenvalue weighted by atomic mass is 9.94. The van der Waals surface area contributed by atoms with Crippen molar-refractivity contribution in [2.45, 2.75) is 50.6 Å². The monoisotopic (exact) mass is 538 g/mol. The van der Waals surface area contributed by atoms with E-state index in [-0.39, 0.29) is 24.3 Å². The maximum Gasteiger partial charge on any atom is 0.248 e. The number of hydrogen-bond acceptors (Lipinski definition) is 4. The summed E-state index contributed by atoms with van der Waals surface area (Å²) in [4.78, 5) is 35.4. The number of para-hydroxylation sites is 1. The molecule has 40 heavy (non-hydrogen) atoms. The third-order valence-corrected chi connectivity index (χ3v) is 7.80. The molecule has 0 aliphatic heterocycles. The molecule has 2 N–H and O–H groups in total. The molecule has 0 saturated heterocycles. The van der Waals surface area contributed by atoms with Crippen molar-refractivity contribution in [3.8, 4) is 5.75 Å². The van der Waals surface area contributed by atoms with E-state index in [2.05, 4.69) is 10.3 Å². The second-order valence-electron chi connectivity index (χ2n) is 10.7.